The summed E-state index contributed by atoms with van der Waals surface area (Å²) in [6.45, 7) is 3.26. The second-order valence-electron chi connectivity index (χ2n) is 4.25. The molecule has 0 unspecified atom stereocenters. The maximum atomic E-state index is 13.1. The molecule has 1 N–H and O–H groups in total. The van der Waals surface area contributed by atoms with Gasteiger partial charge in [0, 0.05) is 8.95 Å². The summed E-state index contributed by atoms with van der Waals surface area (Å²) in [5, 5.41) is 8.60. The van der Waals surface area contributed by atoms with Gasteiger partial charge in [-0.25, -0.2) is 13.6 Å². The Hall–Kier alpha value is -1.27. The monoisotopic (exact) mass is 420 g/mol. The van der Waals surface area contributed by atoms with Gasteiger partial charge < -0.3 is 5.11 Å². The van der Waals surface area contributed by atoms with Crippen LogP contribution in [0.2, 0.25) is 0 Å². The molecule has 0 fully saturated rings. The minimum Gasteiger partial charge on any atom is -0.478 e. The van der Waals surface area contributed by atoms with Crippen LogP contribution in [0.4, 0.5) is 8.78 Å². The van der Waals surface area contributed by atoms with Gasteiger partial charge in [0.05, 0.1) is 0 Å². The normalized spacial score (nSPS) is 9.81. The van der Waals surface area contributed by atoms with E-state index in [1.54, 1.807) is 13.0 Å². The molecule has 21 heavy (non-hydrogen) atoms. The lowest BCUT2D eigenvalue weighted by atomic mass is 10.1. The number of aryl methyl sites for hydroxylation is 2. The zero-order chi connectivity index (χ0) is 16.2. The van der Waals surface area contributed by atoms with Gasteiger partial charge in [-0.1, -0.05) is 28.1 Å². The third-order valence-corrected chi connectivity index (χ3v) is 3.79. The van der Waals surface area contributed by atoms with Crippen molar-refractivity contribution < 1.29 is 18.7 Å². The van der Waals surface area contributed by atoms with Crippen LogP contribution in [-0.2, 0) is 0 Å². The van der Waals surface area contributed by atoms with Crippen LogP contribution < -0.4 is 0 Å². The van der Waals surface area contributed by atoms with E-state index in [0.29, 0.717) is 11.1 Å². The number of hydrogen-bond donors (Lipinski definition) is 1. The molecule has 0 saturated carbocycles. The first-order chi connectivity index (χ1) is 9.73. The predicted molar refractivity (Wildman–Crippen MR) is 84.6 cm³/mol. The molecule has 0 aromatic heterocycles. The Labute approximate surface area is 138 Å². The van der Waals surface area contributed by atoms with Crippen LogP contribution in [0.15, 0.2) is 39.3 Å². The highest BCUT2D eigenvalue weighted by molar-refractivity contribution is 9.10. The molecular weight excluding hydrogens is 410 g/mol. The summed E-state index contributed by atoms with van der Waals surface area (Å²) >= 11 is 6.12. The van der Waals surface area contributed by atoms with Gasteiger partial charge in [-0.05, 0) is 59.1 Å². The molecule has 0 amide bonds. The van der Waals surface area contributed by atoms with Crippen molar-refractivity contribution >= 4 is 37.8 Å². The average Bonchev–Trinajstić information content (AvgIpc) is 2.39. The predicted octanol–water partition coefficient (Wildman–Crippen LogP) is 5.49. The summed E-state index contributed by atoms with van der Waals surface area (Å²) in [6, 6.07) is 8.04. The Morgan fingerprint density at radius 2 is 1.62 bits per heavy atom. The third kappa shape index (κ3) is 4.89. The number of rotatable bonds is 1. The maximum Gasteiger partial charge on any atom is 0.339 e. The Kier molecular flexibility index (Phi) is 6.48. The highest BCUT2D eigenvalue weighted by atomic mass is 79.9. The average molecular weight is 422 g/mol. The van der Waals surface area contributed by atoms with Crippen molar-refractivity contribution in [2.75, 3.05) is 0 Å². The number of halogens is 4. The molecule has 2 rings (SSSR count). The summed E-state index contributed by atoms with van der Waals surface area (Å²) < 4.78 is 26.7. The van der Waals surface area contributed by atoms with E-state index in [4.69, 9.17) is 5.11 Å². The van der Waals surface area contributed by atoms with E-state index in [9.17, 15) is 13.6 Å². The van der Waals surface area contributed by atoms with Crippen molar-refractivity contribution in [1.29, 1.82) is 0 Å². The molecule has 2 nitrogen and oxygen atoms in total. The van der Waals surface area contributed by atoms with E-state index >= 15 is 0 Å². The minimum atomic E-state index is -1.26. The Morgan fingerprint density at radius 3 is 2.05 bits per heavy atom. The summed E-state index contributed by atoms with van der Waals surface area (Å²) in [4.78, 5) is 10.5. The molecular formula is C15H12Br2F2O2. The second kappa shape index (κ2) is 7.66. The summed E-state index contributed by atoms with van der Waals surface area (Å²) in [6.07, 6.45) is 0. The Balaban J connectivity index is 0.000000219. The van der Waals surface area contributed by atoms with Crippen LogP contribution in [0.1, 0.15) is 21.5 Å². The standard InChI is InChI=1S/C8H6BrFO2.C7H6BrF/c1-4-2-3-5(9)6(7(4)10)8(11)12;1-5-2-3-6(8)4-7(5)9/h2-3H,1H3,(H,11,12);2-4H,1H3. The van der Waals surface area contributed by atoms with Crippen molar-refractivity contribution in [3.63, 3.8) is 0 Å². The lowest BCUT2D eigenvalue weighted by Gasteiger charge is -2.02. The molecule has 0 aliphatic carbocycles. The quantitative estimate of drug-likeness (QED) is 0.660. The third-order valence-electron chi connectivity index (χ3n) is 2.63. The van der Waals surface area contributed by atoms with Gasteiger partial charge in [0.1, 0.15) is 17.2 Å². The maximum absolute atomic E-state index is 13.1. The number of aromatic carboxylic acids is 1. The highest BCUT2D eigenvalue weighted by Crippen LogP contribution is 2.22. The van der Waals surface area contributed by atoms with Gasteiger partial charge in [0.15, 0.2) is 0 Å². The van der Waals surface area contributed by atoms with E-state index in [2.05, 4.69) is 31.9 Å². The SMILES string of the molecule is Cc1ccc(Br)c(C(=O)O)c1F.Cc1ccc(Br)cc1F. The Morgan fingerprint density at radius 1 is 1.05 bits per heavy atom. The molecule has 0 radical (unpaired) electrons. The van der Waals surface area contributed by atoms with Crippen molar-refractivity contribution in [3.05, 3.63) is 67.6 Å². The van der Waals surface area contributed by atoms with Crippen LogP contribution in [0.5, 0.6) is 0 Å². The molecule has 6 heteroatoms. The van der Waals surface area contributed by atoms with Crippen molar-refractivity contribution in [2.24, 2.45) is 0 Å². The fourth-order valence-electron chi connectivity index (χ4n) is 1.42. The van der Waals surface area contributed by atoms with Crippen molar-refractivity contribution in [2.45, 2.75) is 13.8 Å². The zero-order valence-electron chi connectivity index (χ0n) is 11.3. The highest BCUT2D eigenvalue weighted by Gasteiger charge is 2.15. The van der Waals surface area contributed by atoms with E-state index in [0.717, 1.165) is 4.47 Å². The molecule has 0 aliphatic heterocycles. The van der Waals surface area contributed by atoms with Gasteiger partial charge in [0.25, 0.3) is 0 Å². The lowest BCUT2D eigenvalue weighted by molar-refractivity contribution is 0.0690. The first-order valence-corrected chi connectivity index (χ1v) is 7.42. The molecule has 0 bridgehead atoms. The van der Waals surface area contributed by atoms with Crippen LogP contribution in [-0.4, -0.2) is 11.1 Å². The van der Waals surface area contributed by atoms with Crippen molar-refractivity contribution in [1.82, 2.24) is 0 Å². The minimum absolute atomic E-state index is 0.163. The number of benzene rings is 2. The van der Waals surface area contributed by atoms with E-state index < -0.39 is 11.8 Å². The van der Waals surface area contributed by atoms with Gasteiger partial charge in [0.2, 0.25) is 0 Å². The van der Waals surface area contributed by atoms with Gasteiger partial charge in [-0.2, -0.15) is 0 Å². The number of carboxylic acid groups (broad SMARTS) is 1. The van der Waals surface area contributed by atoms with Crippen LogP contribution >= 0.6 is 31.9 Å². The van der Waals surface area contributed by atoms with E-state index in [1.807, 2.05) is 6.07 Å². The molecule has 0 spiro atoms. The first kappa shape index (κ1) is 17.8. The zero-order valence-corrected chi connectivity index (χ0v) is 14.4. The van der Waals surface area contributed by atoms with E-state index in [-0.39, 0.29) is 15.9 Å². The number of carboxylic acids is 1. The smallest absolute Gasteiger partial charge is 0.339 e. The van der Waals surface area contributed by atoms with Gasteiger partial charge in [-0.15, -0.1) is 0 Å². The van der Waals surface area contributed by atoms with Crippen LogP contribution in [0, 0.1) is 25.5 Å². The van der Waals surface area contributed by atoms with Gasteiger partial charge in [-0.3, -0.25) is 0 Å². The summed E-state index contributed by atoms with van der Waals surface area (Å²) in [5.74, 6) is -2.11. The summed E-state index contributed by atoms with van der Waals surface area (Å²) in [5.41, 5.74) is 0.698. The molecule has 0 atom stereocenters. The topological polar surface area (TPSA) is 37.3 Å². The van der Waals surface area contributed by atoms with Crippen LogP contribution in [0.25, 0.3) is 0 Å². The largest absolute Gasteiger partial charge is 0.478 e. The lowest BCUT2D eigenvalue weighted by Crippen LogP contribution is -2.03. The molecule has 0 aliphatic rings. The summed E-state index contributed by atoms with van der Waals surface area (Å²) in [7, 11) is 0. The molecule has 112 valence electrons. The molecule has 0 heterocycles. The van der Waals surface area contributed by atoms with Gasteiger partial charge >= 0.3 is 5.97 Å². The van der Waals surface area contributed by atoms with Crippen molar-refractivity contribution in [3.8, 4) is 0 Å². The first-order valence-electron chi connectivity index (χ1n) is 5.83. The van der Waals surface area contributed by atoms with Crippen LogP contribution in [0.3, 0.4) is 0 Å². The Bertz CT molecular complexity index is 673. The molecule has 2 aromatic rings. The number of carbonyl (C=O) groups is 1. The van der Waals surface area contributed by atoms with E-state index in [1.165, 1.54) is 25.1 Å². The fraction of sp³-hybridized carbons (Fsp3) is 0.133. The molecule has 0 saturated heterocycles. The number of hydrogen-bond acceptors (Lipinski definition) is 1. The second-order valence-corrected chi connectivity index (χ2v) is 6.02. The fourth-order valence-corrected chi connectivity index (χ4v) is 2.23. The molecule has 2 aromatic carbocycles.